The molecular weight excluding hydrogens is 506 g/mol. The SMILES string of the molecule is CCC(C)N(CC(=O)N1CCc2sccc2C1c1ccc(C)cc1)S(=O)(=O)c1ccc(NC(C)=O)cc1. The van der Waals surface area contributed by atoms with Gasteiger partial charge in [0, 0.05) is 30.1 Å². The number of nitrogens with zero attached hydrogens (tertiary/aromatic N) is 2. The molecule has 0 bridgehead atoms. The Labute approximate surface area is 223 Å². The fourth-order valence-corrected chi connectivity index (χ4v) is 7.21. The van der Waals surface area contributed by atoms with Crippen molar-refractivity contribution in [3.05, 3.63) is 81.5 Å². The molecule has 1 N–H and O–H groups in total. The summed E-state index contributed by atoms with van der Waals surface area (Å²) in [4.78, 5) is 28.3. The van der Waals surface area contributed by atoms with Crippen molar-refractivity contribution in [2.24, 2.45) is 0 Å². The molecule has 3 aromatic rings. The maximum absolute atomic E-state index is 13.8. The molecule has 196 valence electrons. The van der Waals surface area contributed by atoms with E-state index in [0.29, 0.717) is 18.7 Å². The second-order valence-electron chi connectivity index (χ2n) is 9.46. The Balaban J connectivity index is 1.64. The molecule has 2 unspecified atom stereocenters. The number of amides is 2. The normalized spacial score (nSPS) is 16.4. The molecule has 2 atom stereocenters. The van der Waals surface area contributed by atoms with Gasteiger partial charge in [0.25, 0.3) is 0 Å². The monoisotopic (exact) mass is 539 g/mol. The predicted octanol–water partition coefficient (Wildman–Crippen LogP) is 4.98. The van der Waals surface area contributed by atoms with Crippen LogP contribution in [-0.4, -0.2) is 48.6 Å². The lowest BCUT2D eigenvalue weighted by Crippen LogP contribution is -2.49. The van der Waals surface area contributed by atoms with Gasteiger partial charge in [-0.15, -0.1) is 11.3 Å². The molecule has 9 heteroatoms. The second kappa shape index (κ2) is 11.2. The van der Waals surface area contributed by atoms with Crippen molar-refractivity contribution in [3.8, 4) is 0 Å². The Morgan fingerprint density at radius 1 is 1.11 bits per heavy atom. The first-order valence-corrected chi connectivity index (χ1v) is 14.8. The molecule has 0 spiro atoms. The Morgan fingerprint density at radius 2 is 1.78 bits per heavy atom. The van der Waals surface area contributed by atoms with Crippen LogP contribution in [-0.2, 0) is 26.0 Å². The molecule has 37 heavy (non-hydrogen) atoms. The standard InChI is InChI=1S/C28H33N3O4S2/c1-5-20(3)31(37(34,35)24-12-10-23(11-13-24)29-21(4)32)18-27(33)30-16-14-26-25(15-17-36-26)28(30)22-8-6-19(2)7-9-22/h6-13,15,17,20,28H,5,14,16,18H2,1-4H3,(H,29,32). The van der Waals surface area contributed by atoms with E-state index in [1.165, 1.54) is 28.2 Å². The minimum atomic E-state index is -3.95. The summed E-state index contributed by atoms with van der Waals surface area (Å²) >= 11 is 1.70. The first kappa shape index (κ1) is 27.0. The van der Waals surface area contributed by atoms with Crippen LogP contribution in [0.25, 0.3) is 0 Å². The van der Waals surface area contributed by atoms with Crippen molar-refractivity contribution in [1.82, 2.24) is 9.21 Å². The van der Waals surface area contributed by atoms with Crippen LogP contribution in [0.1, 0.15) is 54.8 Å². The van der Waals surface area contributed by atoms with Crippen molar-refractivity contribution in [2.75, 3.05) is 18.4 Å². The third kappa shape index (κ3) is 5.79. The molecule has 1 aliphatic rings. The summed E-state index contributed by atoms with van der Waals surface area (Å²) in [6, 6.07) is 15.7. The maximum Gasteiger partial charge on any atom is 0.243 e. The summed E-state index contributed by atoms with van der Waals surface area (Å²) in [7, 11) is -3.95. The van der Waals surface area contributed by atoms with Gasteiger partial charge in [-0.1, -0.05) is 36.8 Å². The lowest BCUT2D eigenvalue weighted by atomic mass is 9.92. The van der Waals surface area contributed by atoms with Crippen LogP contribution in [0.5, 0.6) is 0 Å². The molecule has 0 saturated heterocycles. The fraction of sp³-hybridized carbons (Fsp3) is 0.357. The lowest BCUT2D eigenvalue weighted by Gasteiger charge is -2.38. The van der Waals surface area contributed by atoms with Crippen molar-refractivity contribution in [2.45, 2.75) is 57.5 Å². The Hall–Kier alpha value is -3.01. The van der Waals surface area contributed by atoms with Crippen LogP contribution in [0.4, 0.5) is 5.69 Å². The first-order valence-electron chi connectivity index (χ1n) is 12.4. The quantitative estimate of drug-likeness (QED) is 0.438. The first-order chi connectivity index (χ1) is 17.6. The number of nitrogens with one attached hydrogen (secondary N) is 1. The van der Waals surface area contributed by atoms with Crippen molar-refractivity contribution in [1.29, 1.82) is 0 Å². The number of anilines is 1. The molecular formula is C28H33N3O4S2. The number of hydrogen-bond acceptors (Lipinski definition) is 5. The van der Waals surface area contributed by atoms with Gasteiger partial charge in [0.1, 0.15) is 0 Å². The number of carbonyl (C=O) groups excluding carboxylic acids is 2. The third-order valence-corrected chi connectivity index (χ3v) is 9.80. The number of rotatable bonds is 8. The van der Waals surface area contributed by atoms with Crippen LogP contribution in [0.15, 0.2) is 64.9 Å². The highest BCUT2D eigenvalue weighted by atomic mass is 32.2. The largest absolute Gasteiger partial charge is 0.330 e. The van der Waals surface area contributed by atoms with E-state index >= 15 is 0 Å². The van der Waals surface area contributed by atoms with Crippen molar-refractivity contribution in [3.63, 3.8) is 0 Å². The van der Waals surface area contributed by atoms with Crippen LogP contribution in [0, 0.1) is 6.92 Å². The molecule has 2 amide bonds. The number of benzene rings is 2. The van der Waals surface area contributed by atoms with Gasteiger partial charge < -0.3 is 10.2 Å². The van der Waals surface area contributed by atoms with Crippen LogP contribution in [0.3, 0.4) is 0 Å². The number of sulfonamides is 1. The molecule has 0 fully saturated rings. The zero-order chi connectivity index (χ0) is 26.7. The van der Waals surface area contributed by atoms with Crippen molar-refractivity contribution < 1.29 is 18.0 Å². The Bertz CT molecular complexity index is 1370. The van der Waals surface area contributed by atoms with E-state index < -0.39 is 10.0 Å². The summed E-state index contributed by atoms with van der Waals surface area (Å²) in [6.45, 7) is 7.44. The summed E-state index contributed by atoms with van der Waals surface area (Å²) in [5.41, 5.74) is 3.78. The summed E-state index contributed by atoms with van der Waals surface area (Å²) in [5, 5.41) is 4.70. The number of thiophene rings is 1. The molecule has 1 aliphatic heterocycles. The van der Waals surface area contributed by atoms with Gasteiger partial charge in [0.05, 0.1) is 17.5 Å². The zero-order valence-corrected chi connectivity index (χ0v) is 23.2. The van der Waals surface area contributed by atoms with Crippen molar-refractivity contribution >= 4 is 38.9 Å². The van der Waals surface area contributed by atoms with E-state index in [4.69, 9.17) is 0 Å². The highest BCUT2D eigenvalue weighted by Crippen LogP contribution is 2.38. The topological polar surface area (TPSA) is 86.8 Å². The average molecular weight is 540 g/mol. The van der Waals surface area contributed by atoms with Gasteiger partial charge in [-0.2, -0.15) is 4.31 Å². The minimum Gasteiger partial charge on any atom is -0.330 e. The predicted molar refractivity (Wildman–Crippen MR) is 147 cm³/mol. The molecule has 4 rings (SSSR count). The molecule has 1 aromatic heterocycles. The smallest absolute Gasteiger partial charge is 0.243 e. The van der Waals surface area contributed by atoms with Gasteiger partial charge >= 0.3 is 0 Å². The number of fused-ring (bicyclic) bond motifs is 1. The molecule has 0 saturated carbocycles. The van der Waals surface area contributed by atoms with E-state index in [1.807, 2.05) is 49.9 Å². The molecule has 2 heterocycles. The summed E-state index contributed by atoms with van der Waals surface area (Å²) in [5.74, 6) is -0.456. The highest BCUT2D eigenvalue weighted by molar-refractivity contribution is 7.89. The van der Waals surface area contributed by atoms with Gasteiger partial charge in [0.15, 0.2) is 0 Å². The van der Waals surface area contributed by atoms with Crippen LogP contribution >= 0.6 is 11.3 Å². The van der Waals surface area contributed by atoms with E-state index in [0.717, 1.165) is 23.1 Å². The molecule has 2 aromatic carbocycles. The summed E-state index contributed by atoms with van der Waals surface area (Å²) < 4.78 is 28.7. The van der Waals surface area contributed by atoms with E-state index in [1.54, 1.807) is 23.5 Å². The van der Waals surface area contributed by atoms with Gasteiger partial charge in [0.2, 0.25) is 21.8 Å². The van der Waals surface area contributed by atoms with Gasteiger partial charge in [-0.05, 0) is 73.5 Å². The Morgan fingerprint density at radius 3 is 2.41 bits per heavy atom. The van der Waals surface area contributed by atoms with Gasteiger partial charge in [-0.25, -0.2) is 8.42 Å². The zero-order valence-electron chi connectivity index (χ0n) is 21.6. The number of hydrogen-bond donors (Lipinski definition) is 1. The van der Waals surface area contributed by atoms with E-state index in [9.17, 15) is 18.0 Å². The third-order valence-electron chi connectivity index (χ3n) is 6.83. The molecule has 0 aliphatic carbocycles. The highest BCUT2D eigenvalue weighted by Gasteiger charge is 2.37. The Kier molecular flexibility index (Phi) is 8.16. The summed E-state index contributed by atoms with van der Waals surface area (Å²) in [6.07, 6.45) is 1.31. The van der Waals surface area contributed by atoms with E-state index in [2.05, 4.69) is 16.8 Å². The second-order valence-corrected chi connectivity index (χ2v) is 12.4. The van der Waals surface area contributed by atoms with Crippen LogP contribution in [0.2, 0.25) is 0 Å². The van der Waals surface area contributed by atoms with Gasteiger partial charge in [-0.3, -0.25) is 9.59 Å². The fourth-order valence-electron chi connectivity index (χ4n) is 4.65. The van der Waals surface area contributed by atoms with Crippen LogP contribution < -0.4 is 5.32 Å². The van der Waals surface area contributed by atoms with E-state index in [-0.39, 0.29) is 35.3 Å². The molecule has 7 nitrogen and oxygen atoms in total. The molecule has 0 radical (unpaired) electrons. The number of carbonyl (C=O) groups is 2. The average Bonchev–Trinajstić information content (AvgIpc) is 3.35. The minimum absolute atomic E-state index is 0.0866. The lowest BCUT2D eigenvalue weighted by molar-refractivity contribution is -0.133. The number of aryl methyl sites for hydroxylation is 1. The maximum atomic E-state index is 13.8.